The molecule has 0 aromatic heterocycles. The number of rotatable bonds is 7. The third kappa shape index (κ3) is 5.65. The molecule has 170 valence electrons. The van der Waals surface area contributed by atoms with Gasteiger partial charge in [0.2, 0.25) is 0 Å². The summed E-state index contributed by atoms with van der Waals surface area (Å²) in [6.07, 6.45) is 0. The first kappa shape index (κ1) is 25.0. The summed E-state index contributed by atoms with van der Waals surface area (Å²) >= 11 is 15.8. The van der Waals surface area contributed by atoms with Crippen molar-refractivity contribution in [3.05, 3.63) is 66.1 Å². The summed E-state index contributed by atoms with van der Waals surface area (Å²) in [6, 6.07) is 9.05. The van der Waals surface area contributed by atoms with Gasteiger partial charge in [-0.05, 0) is 87.8 Å². The van der Waals surface area contributed by atoms with Crippen molar-refractivity contribution in [3.8, 4) is 11.5 Å². The van der Waals surface area contributed by atoms with E-state index in [2.05, 4.69) is 58.4 Å². The molecule has 1 aliphatic heterocycles. The van der Waals surface area contributed by atoms with Gasteiger partial charge in [0.1, 0.15) is 18.1 Å². The Hall–Kier alpha value is -1.62. The van der Waals surface area contributed by atoms with Gasteiger partial charge in [-0.3, -0.25) is 0 Å². The Morgan fingerprint density at radius 3 is 2.47 bits per heavy atom. The maximum atomic E-state index is 12.7. The number of nitrogens with one attached hydrogen (secondary N) is 2. The number of methoxy groups -OCH3 is 1. The molecule has 0 amide bonds. The third-order valence-corrected chi connectivity index (χ3v) is 6.59. The van der Waals surface area contributed by atoms with E-state index in [4.69, 9.17) is 26.4 Å². The molecule has 3 rings (SSSR count). The van der Waals surface area contributed by atoms with Crippen LogP contribution in [0.2, 0.25) is 0 Å². The van der Waals surface area contributed by atoms with E-state index in [1.807, 2.05) is 37.3 Å². The maximum Gasteiger partial charge on any atom is 0.338 e. The average Bonchev–Trinajstić information content (AvgIpc) is 2.72. The molecule has 6 nitrogen and oxygen atoms in total. The van der Waals surface area contributed by atoms with Gasteiger partial charge in [-0.25, -0.2) is 4.79 Å². The number of esters is 1. The average molecular weight is 649 g/mol. The van der Waals surface area contributed by atoms with Crippen molar-refractivity contribution in [2.45, 2.75) is 26.5 Å². The van der Waals surface area contributed by atoms with Crippen LogP contribution in [0.25, 0.3) is 0 Å². The molecule has 0 aliphatic carbocycles. The molecule has 0 spiro atoms. The van der Waals surface area contributed by atoms with Crippen LogP contribution >= 0.6 is 60.0 Å². The minimum Gasteiger partial charge on any atom is -0.496 e. The first-order chi connectivity index (χ1) is 15.2. The molecule has 2 N–H and O–H groups in total. The molecule has 2 aromatic rings. The van der Waals surface area contributed by atoms with Gasteiger partial charge in [0, 0.05) is 15.7 Å². The molecule has 10 heteroatoms. The van der Waals surface area contributed by atoms with Crippen LogP contribution in [0.4, 0.5) is 0 Å². The van der Waals surface area contributed by atoms with Crippen molar-refractivity contribution in [1.82, 2.24) is 10.6 Å². The van der Waals surface area contributed by atoms with E-state index in [1.54, 1.807) is 14.0 Å². The Bertz CT molecular complexity index is 1070. The van der Waals surface area contributed by atoms with E-state index in [0.29, 0.717) is 27.9 Å². The van der Waals surface area contributed by atoms with E-state index in [-0.39, 0.29) is 13.2 Å². The van der Waals surface area contributed by atoms with Gasteiger partial charge in [-0.15, -0.1) is 0 Å². The predicted octanol–water partition coefficient (Wildman–Crippen LogP) is 5.92. The van der Waals surface area contributed by atoms with Crippen LogP contribution in [0.5, 0.6) is 11.5 Å². The fourth-order valence-electron chi connectivity index (χ4n) is 3.33. The SMILES string of the molecule is CCOC(=O)C1=C(C)NC(=S)NC1c1ccc(OC)c(COc2c(Br)cc(Br)cc2Br)c1. The largest absolute Gasteiger partial charge is 0.496 e. The zero-order valence-electron chi connectivity index (χ0n) is 17.6. The zero-order valence-corrected chi connectivity index (χ0v) is 23.1. The maximum absolute atomic E-state index is 12.7. The summed E-state index contributed by atoms with van der Waals surface area (Å²) in [5.74, 6) is 0.951. The number of halogens is 3. The molecule has 2 aromatic carbocycles. The summed E-state index contributed by atoms with van der Waals surface area (Å²) < 4.78 is 19.4. The molecule has 0 bridgehead atoms. The van der Waals surface area contributed by atoms with Crippen LogP contribution in [-0.4, -0.2) is 24.8 Å². The molecular formula is C22H21Br3N2O4S. The van der Waals surface area contributed by atoms with Crippen molar-refractivity contribution in [3.63, 3.8) is 0 Å². The lowest BCUT2D eigenvalue weighted by Gasteiger charge is -2.30. The van der Waals surface area contributed by atoms with Gasteiger partial charge < -0.3 is 24.8 Å². The smallest absolute Gasteiger partial charge is 0.338 e. The number of benzene rings is 2. The van der Waals surface area contributed by atoms with Gasteiger partial charge >= 0.3 is 5.97 Å². The van der Waals surface area contributed by atoms with Crippen molar-refractivity contribution in [1.29, 1.82) is 0 Å². The van der Waals surface area contributed by atoms with Crippen molar-refractivity contribution < 1.29 is 19.0 Å². The fraction of sp³-hybridized carbons (Fsp3) is 0.273. The number of ether oxygens (including phenoxy) is 3. The van der Waals surface area contributed by atoms with Crippen molar-refractivity contribution >= 4 is 71.1 Å². The summed E-state index contributed by atoms with van der Waals surface area (Å²) in [6.45, 7) is 4.12. The molecule has 1 aliphatic rings. The third-order valence-electron chi connectivity index (χ3n) is 4.74. The van der Waals surface area contributed by atoms with E-state index in [9.17, 15) is 4.79 Å². The summed E-state index contributed by atoms with van der Waals surface area (Å²) in [7, 11) is 1.61. The first-order valence-electron chi connectivity index (χ1n) is 9.64. The molecule has 1 unspecified atom stereocenters. The fourth-order valence-corrected chi connectivity index (χ4v) is 6.09. The topological polar surface area (TPSA) is 68.8 Å². The Kier molecular flexibility index (Phi) is 8.60. The molecule has 0 fully saturated rings. The Balaban J connectivity index is 1.95. The molecule has 1 atom stereocenters. The summed E-state index contributed by atoms with van der Waals surface area (Å²) in [5, 5.41) is 6.62. The van der Waals surface area contributed by atoms with Gasteiger partial charge in [-0.1, -0.05) is 22.0 Å². The number of thiocarbonyl (C=S) groups is 1. The van der Waals surface area contributed by atoms with Gasteiger partial charge in [-0.2, -0.15) is 0 Å². The standard InChI is InChI=1S/C22H21Br3N2O4S/c1-4-30-21(28)18-11(2)26-22(32)27-19(18)12-5-6-17(29-3)13(7-12)10-31-20-15(24)8-14(23)9-16(20)25/h5-9,19H,4,10H2,1-3H3,(H2,26,27,32). The van der Waals surface area contributed by atoms with Crippen LogP contribution in [0.1, 0.15) is 31.0 Å². The highest BCUT2D eigenvalue weighted by Gasteiger charge is 2.31. The monoisotopic (exact) mass is 646 g/mol. The highest BCUT2D eigenvalue weighted by molar-refractivity contribution is 9.11. The molecule has 0 saturated heterocycles. The normalized spacial score (nSPS) is 15.7. The Labute approximate surface area is 217 Å². The molecule has 1 heterocycles. The number of hydrogen-bond donors (Lipinski definition) is 2. The van der Waals surface area contributed by atoms with Crippen molar-refractivity contribution in [2.75, 3.05) is 13.7 Å². The Morgan fingerprint density at radius 2 is 1.84 bits per heavy atom. The number of allylic oxidation sites excluding steroid dienone is 1. The van der Waals surface area contributed by atoms with E-state index in [0.717, 1.165) is 24.5 Å². The highest BCUT2D eigenvalue weighted by atomic mass is 79.9. The van der Waals surface area contributed by atoms with Gasteiger partial charge in [0.15, 0.2) is 5.11 Å². The van der Waals surface area contributed by atoms with Crippen LogP contribution in [0, 0.1) is 0 Å². The molecule has 0 saturated carbocycles. The lowest BCUT2D eigenvalue weighted by atomic mass is 9.94. The summed E-state index contributed by atoms with van der Waals surface area (Å²) in [5.41, 5.74) is 2.80. The second-order valence-corrected chi connectivity index (χ2v) is 9.88. The lowest BCUT2D eigenvalue weighted by Crippen LogP contribution is -2.45. The van der Waals surface area contributed by atoms with Crippen molar-refractivity contribution in [2.24, 2.45) is 0 Å². The highest BCUT2D eigenvalue weighted by Crippen LogP contribution is 2.38. The van der Waals surface area contributed by atoms with Gasteiger partial charge in [0.25, 0.3) is 0 Å². The molecular weight excluding hydrogens is 628 g/mol. The first-order valence-corrected chi connectivity index (χ1v) is 12.4. The summed E-state index contributed by atoms with van der Waals surface area (Å²) in [4.78, 5) is 12.7. The van der Waals surface area contributed by atoms with Gasteiger partial charge in [0.05, 0.1) is 34.3 Å². The molecule has 32 heavy (non-hydrogen) atoms. The molecule has 0 radical (unpaired) electrons. The van der Waals surface area contributed by atoms with Crippen LogP contribution in [0.3, 0.4) is 0 Å². The minimum absolute atomic E-state index is 0.253. The zero-order chi connectivity index (χ0) is 23.4. The van der Waals surface area contributed by atoms with Crippen LogP contribution < -0.4 is 20.1 Å². The van der Waals surface area contributed by atoms with E-state index in [1.165, 1.54) is 0 Å². The van der Waals surface area contributed by atoms with Crippen LogP contribution in [-0.2, 0) is 16.1 Å². The Morgan fingerprint density at radius 1 is 1.16 bits per heavy atom. The quantitative estimate of drug-likeness (QED) is 0.286. The minimum atomic E-state index is -0.460. The second kappa shape index (κ2) is 11.0. The second-order valence-electron chi connectivity index (χ2n) is 6.85. The number of carbonyl (C=O) groups is 1. The predicted molar refractivity (Wildman–Crippen MR) is 138 cm³/mol. The van der Waals surface area contributed by atoms with E-state index >= 15 is 0 Å². The van der Waals surface area contributed by atoms with E-state index < -0.39 is 12.0 Å². The van der Waals surface area contributed by atoms with Crippen LogP contribution in [0.15, 0.2) is 55.0 Å². The number of hydrogen-bond acceptors (Lipinski definition) is 5. The lowest BCUT2D eigenvalue weighted by molar-refractivity contribution is -0.139. The number of carbonyl (C=O) groups excluding carboxylic acids is 1.